The lowest BCUT2D eigenvalue weighted by atomic mass is 9.99. The Morgan fingerprint density at radius 1 is 1.43 bits per heavy atom. The molecule has 0 amide bonds. The lowest BCUT2D eigenvalue weighted by molar-refractivity contribution is 0.0990. The van der Waals surface area contributed by atoms with Gasteiger partial charge in [-0.3, -0.25) is 4.79 Å². The number of ketones is 1. The molecule has 0 aliphatic heterocycles. The molecule has 0 bridgehead atoms. The zero-order valence-corrected chi connectivity index (χ0v) is 8.72. The molecule has 14 heavy (non-hydrogen) atoms. The second kappa shape index (κ2) is 4.24. The van der Waals surface area contributed by atoms with E-state index in [1.807, 2.05) is 13.8 Å². The second-order valence-corrected chi connectivity index (χ2v) is 3.36. The van der Waals surface area contributed by atoms with Gasteiger partial charge >= 0.3 is 0 Å². The van der Waals surface area contributed by atoms with Crippen LogP contribution in [0, 0.1) is 13.8 Å². The van der Waals surface area contributed by atoms with E-state index in [1.54, 1.807) is 19.2 Å². The smallest absolute Gasteiger partial charge is 0.180 e. The predicted molar refractivity (Wildman–Crippen MR) is 55.8 cm³/mol. The number of likely N-dealkylation sites (N-methyl/N-ethyl adjacent to an activating group) is 1. The van der Waals surface area contributed by atoms with E-state index < -0.39 is 0 Å². The largest absolute Gasteiger partial charge is 0.507 e. The first-order valence-corrected chi connectivity index (χ1v) is 4.55. The van der Waals surface area contributed by atoms with Crippen molar-refractivity contribution in [2.24, 2.45) is 0 Å². The first kappa shape index (κ1) is 10.7. The Bertz CT molecular complexity index is 359. The van der Waals surface area contributed by atoms with E-state index >= 15 is 0 Å². The van der Waals surface area contributed by atoms with E-state index in [0.29, 0.717) is 5.56 Å². The van der Waals surface area contributed by atoms with E-state index in [9.17, 15) is 9.90 Å². The highest BCUT2D eigenvalue weighted by molar-refractivity contribution is 6.01. The minimum atomic E-state index is -0.0776. The van der Waals surface area contributed by atoms with Crippen LogP contribution in [0.5, 0.6) is 5.75 Å². The number of rotatable bonds is 3. The van der Waals surface area contributed by atoms with Crippen molar-refractivity contribution in [1.82, 2.24) is 5.32 Å². The molecule has 0 fully saturated rings. The number of phenols is 1. The maximum absolute atomic E-state index is 11.6. The normalized spacial score (nSPS) is 10.2. The minimum Gasteiger partial charge on any atom is -0.507 e. The summed E-state index contributed by atoms with van der Waals surface area (Å²) in [5, 5.41) is 12.3. The molecule has 3 heteroatoms. The lowest BCUT2D eigenvalue weighted by Gasteiger charge is -2.09. The van der Waals surface area contributed by atoms with Gasteiger partial charge in [0, 0.05) is 0 Å². The molecule has 1 aromatic carbocycles. The molecule has 3 nitrogen and oxygen atoms in total. The van der Waals surface area contributed by atoms with Crippen LogP contribution in [0.4, 0.5) is 0 Å². The van der Waals surface area contributed by atoms with Crippen molar-refractivity contribution in [3.05, 3.63) is 28.8 Å². The van der Waals surface area contributed by atoms with Gasteiger partial charge in [-0.25, -0.2) is 0 Å². The number of aromatic hydroxyl groups is 1. The molecule has 0 saturated carbocycles. The van der Waals surface area contributed by atoms with Crippen LogP contribution in [-0.4, -0.2) is 24.5 Å². The van der Waals surface area contributed by atoms with Crippen molar-refractivity contribution in [3.63, 3.8) is 0 Å². The van der Waals surface area contributed by atoms with Gasteiger partial charge < -0.3 is 10.4 Å². The third-order valence-corrected chi connectivity index (χ3v) is 2.33. The number of aryl methyl sites for hydroxylation is 1. The van der Waals surface area contributed by atoms with Crippen molar-refractivity contribution in [2.75, 3.05) is 13.6 Å². The molecule has 1 rings (SSSR count). The van der Waals surface area contributed by atoms with Gasteiger partial charge in [0.25, 0.3) is 0 Å². The number of carbonyl (C=O) groups excluding carboxylic acids is 1. The summed E-state index contributed by atoms with van der Waals surface area (Å²) in [4.78, 5) is 11.6. The molecular formula is C11H15NO2. The topological polar surface area (TPSA) is 49.3 Å². The van der Waals surface area contributed by atoms with Crippen molar-refractivity contribution in [3.8, 4) is 5.75 Å². The molecule has 0 spiro atoms. The number of Topliss-reactive ketones (excluding diaryl/α,β-unsaturated/α-hetero) is 1. The molecular weight excluding hydrogens is 178 g/mol. The number of phenolic OH excluding ortho intramolecular Hbond substituents is 1. The van der Waals surface area contributed by atoms with Gasteiger partial charge in [-0.1, -0.05) is 6.07 Å². The third kappa shape index (κ3) is 1.93. The summed E-state index contributed by atoms with van der Waals surface area (Å²) in [7, 11) is 1.71. The molecule has 2 N–H and O–H groups in total. The van der Waals surface area contributed by atoms with E-state index in [0.717, 1.165) is 11.1 Å². The molecule has 76 valence electrons. The van der Waals surface area contributed by atoms with Gasteiger partial charge in [-0.15, -0.1) is 0 Å². The van der Waals surface area contributed by atoms with Crippen molar-refractivity contribution >= 4 is 5.78 Å². The molecule has 0 aromatic heterocycles. The third-order valence-electron chi connectivity index (χ3n) is 2.33. The number of carbonyl (C=O) groups is 1. The number of hydrogen-bond acceptors (Lipinski definition) is 3. The Morgan fingerprint density at radius 2 is 2.07 bits per heavy atom. The first-order valence-electron chi connectivity index (χ1n) is 4.55. The molecule has 0 radical (unpaired) electrons. The first-order chi connectivity index (χ1) is 6.57. The molecule has 0 saturated heterocycles. The fourth-order valence-electron chi connectivity index (χ4n) is 1.40. The second-order valence-electron chi connectivity index (χ2n) is 3.36. The van der Waals surface area contributed by atoms with Crippen LogP contribution in [0.15, 0.2) is 12.1 Å². The number of nitrogens with one attached hydrogen (secondary N) is 1. The van der Waals surface area contributed by atoms with E-state index in [1.165, 1.54) is 0 Å². The van der Waals surface area contributed by atoms with Gasteiger partial charge in [0.2, 0.25) is 0 Å². The lowest BCUT2D eigenvalue weighted by Crippen LogP contribution is -2.19. The monoisotopic (exact) mass is 193 g/mol. The van der Waals surface area contributed by atoms with Crippen molar-refractivity contribution in [1.29, 1.82) is 0 Å². The maximum Gasteiger partial charge on any atom is 0.180 e. The summed E-state index contributed by atoms with van der Waals surface area (Å²) < 4.78 is 0. The highest BCUT2D eigenvalue weighted by Crippen LogP contribution is 2.23. The summed E-state index contributed by atoms with van der Waals surface area (Å²) in [6, 6.07) is 3.37. The Kier molecular flexibility index (Phi) is 3.25. The van der Waals surface area contributed by atoms with Gasteiger partial charge in [-0.2, -0.15) is 0 Å². The van der Waals surface area contributed by atoms with Gasteiger partial charge in [0.05, 0.1) is 12.1 Å². The summed E-state index contributed by atoms with van der Waals surface area (Å²) in [6.07, 6.45) is 0. The van der Waals surface area contributed by atoms with Gasteiger partial charge in [-0.05, 0) is 38.1 Å². The van der Waals surface area contributed by atoms with Crippen molar-refractivity contribution < 1.29 is 9.90 Å². The molecule has 1 aromatic rings. The fourth-order valence-corrected chi connectivity index (χ4v) is 1.40. The summed E-state index contributed by atoms with van der Waals surface area (Å²) >= 11 is 0. The van der Waals surface area contributed by atoms with Crippen LogP contribution in [0.3, 0.4) is 0 Å². The molecule has 0 aliphatic carbocycles. The minimum absolute atomic E-state index is 0.0633. The molecule has 0 heterocycles. The van der Waals surface area contributed by atoms with Crippen LogP contribution >= 0.6 is 0 Å². The summed E-state index contributed by atoms with van der Waals surface area (Å²) in [6.45, 7) is 4.01. The van der Waals surface area contributed by atoms with E-state index in [2.05, 4.69) is 5.32 Å². The maximum atomic E-state index is 11.6. The van der Waals surface area contributed by atoms with Gasteiger partial charge in [0.15, 0.2) is 5.78 Å². The predicted octanol–water partition coefficient (Wildman–Crippen LogP) is 1.41. The van der Waals surface area contributed by atoms with Crippen LogP contribution in [0.25, 0.3) is 0 Å². The quantitative estimate of drug-likeness (QED) is 0.713. The van der Waals surface area contributed by atoms with E-state index in [4.69, 9.17) is 0 Å². The Balaban J connectivity index is 3.18. The number of benzene rings is 1. The zero-order chi connectivity index (χ0) is 10.7. The summed E-state index contributed by atoms with van der Waals surface area (Å²) in [5.74, 6) is -0.0143. The molecule has 0 unspecified atom stereocenters. The Hall–Kier alpha value is -1.35. The molecule has 0 atom stereocenters. The average Bonchev–Trinajstić information content (AvgIpc) is 2.13. The fraction of sp³-hybridized carbons (Fsp3) is 0.364. The van der Waals surface area contributed by atoms with Gasteiger partial charge in [0.1, 0.15) is 5.75 Å². The van der Waals surface area contributed by atoms with Crippen molar-refractivity contribution in [2.45, 2.75) is 13.8 Å². The van der Waals surface area contributed by atoms with E-state index in [-0.39, 0.29) is 18.1 Å². The van der Waals surface area contributed by atoms with Crippen LogP contribution in [0.2, 0.25) is 0 Å². The Labute approximate surface area is 83.8 Å². The SMILES string of the molecule is CNCC(=O)c1c(O)ccc(C)c1C. The standard InChI is InChI=1S/C11H15NO2/c1-7-4-5-9(13)11(8(7)2)10(14)6-12-3/h4-5,12-13H,6H2,1-3H3. The van der Waals surface area contributed by atoms with Crippen LogP contribution < -0.4 is 5.32 Å². The van der Waals surface area contributed by atoms with Crippen LogP contribution in [-0.2, 0) is 0 Å². The summed E-state index contributed by atoms with van der Waals surface area (Å²) in [5.41, 5.74) is 2.30. The van der Waals surface area contributed by atoms with Crippen LogP contribution in [0.1, 0.15) is 21.5 Å². The average molecular weight is 193 g/mol. The number of hydrogen-bond donors (Lipinski definition) is 2. The Morgan fingerprint density at radius 3 is 2.64 bits per heavy atom. The molecule has 0 aliphatic rings. The highest BCUT2D eigenvalue weighted by Gasteiger charge is 2.14. The highest BCUT2D eigenvalue weighted by atomic mass is 16.3. The zero-order valence-electron chi connectivity index (χ0n) is 8.72.